The van der Waals surface area contributed by atoms with E-state index in [4.69, 9.17) is 10.5 Å². The topological polar surface area (TPSA) is 78.4 Å². The van der Waals surface area contributed by atoms with Gasteiger partial charge in [-0.05, 0) is 36.2 Å². The largest absolute Gasteiger partial charge is 0.450 e. The lowest BCUT2D eigenvalue weighted by atomic mass is 10.2. The van der Waals surface area contributed by atoms with Crippen LogP contribution in [0.4, 0.5) is 10.1 Å². The summed E-state index contributed by atoms with van der Waals surface area (Å²) in [5, 5.41) is 11.1. The number of nitrogens with zero attached hydrogens (tertiary/aromatic N) is 1. The summed E-state index contributed by atoms with van der Waals surface area (Å²) in [6.07, 6.45) is 0. The fourth-order valence-electron chi connectivity index (χ4n) is 1.90. The van der Waals surface area contributed by atoms with Crippen molar-refractivity contribution in [3.8, 4) is 11.5 Å². The van der Waals surface area contributed by atoms with E-state index in [1.54, 1.807) is 19.1 Å². The molecule has 2 rings (SSSR count). The molecule has 0 aliphatic rings. The Hall–Kier alpha value is -1.99. The zero-order chi connectivity index (χ0) is 15.6. The van der Waals surface area contributed by atoms with Crippen molar-refractivity contribution in [3.63, 3.8) is 0 Å². The lowest BCUT2D eigenvalue weighted by Gasteiger charge is -2.11. The second-order valence-electron chi connectivity index (χ2n) is 4.43. The lowest BCUT2D eigenvalue weighted by Crippen LogP contribution is -1.99. The molecule has 0 aliphatic carbocycles. The van der Waals surface area contributed by atoms with Crippen LogP contribution in [0.1, 0.15) is 11.1 Å². The van der Waals surface area contributed by atoms with Crippen molar-refractivity contribution in [2.75, 3.05) is 0 Å². The van der Waals surface area contributed by atoms with Gasteiger partial charge < -0.3 is 10.5 Å². The van der Waals surface area contributed by atoms with E-state index in [0.717, 1.165) is 6.07 Å². The fraction of sp³-hybridized carbons (Fsp3) is 0.143. The summed E-state index contributed by atoms with van der Waals surface area (Å²) in [5.41, 5.74) is 6.39. The molecule has 0 radical (unpaired) electrons. The summed E-state index contributed by atoms with van der Waals surface area (Å²) in [5.74, 6) is -0.258. The van der Waals surface area contributed by atoms with Gasteiger partial charge in [0.2, 0.25) is 5.75 Å². The monoisotopic (exact) mass is 354 g/mol. The van der Waals surface area contributed by atoms with E-state index in [2.05, 4.69) is 15.9 Å². The van der Waals surface area contributed by atoms with Crippen LogP contribution in [0.2, 0.25) is 0 Å². The number of hydrogen-bond acceptors (Lipinski definition) is 4. The lowest BCUT2D eigenvalue weighted by molar-refractivity contribution is -0.385. The van der Waals surface area contributed by atoms with E-state index >= 15 is 0 Å². The van der Waals surface area contributed by atoms with Gasteiger partial charge in [-0.15, -0.1) is 0 Å². The first-order valence-corrected chi connectivity index (χ1v) is 6.82. The average molecular weight is 355 g/mol. The normalized spacial score (nSPS) is 10.5. The van der Waals surface area contributed by atoms with Crippen molar-refractivity contribution in [1.82, 2.24) is 0 Å². The summed E-state index contributed by atoms with van der Waals surface area (Å²) < 4.78 is 19.6. The first-order chi connectivity index (χ1) is 9.90. The van der Waals surface area contributed by atoms with Crippen molar-refractivity contribution >= 4 is 21.6 Å². The molecule has 21 heavy (non-hydrogen) atoms. The van der Waals surface area contributed by atoms with E-state index in [9.17, 15) is 14.5 Å². The van der Waals surface area contributed by atoms with Crippen LogP contribution in [0, 0.1) is 22.9 Å². The Balaban J connectivity index is 2.48. The Bertz CT molecular complexity index is 707. The van der Waals surface area contributed by atoms with Crippen LogP contribution in [0.5, 0.6) is 11.5 Å². The minimum absolute atomic E-state index is 0.0803. The van der Waals surface area contributed by atoms with Gasteiger partial charge in [-0.2, -0.15) is 0 Å². The Morgan fingerprint density at radius 1 is 1.33 bits per heavy atom. The number of nitrogens with two attached hydrogens (primary N) is 1. The number of ether oxygens (including phenoxy) is 1. The molecule has 0 saturated carbocycles. The third-order valence-corrected chi connectivity index (χ3v) is 3.26. The van der Waals surface area contributed by atoms with Gasteiger partial charge in [-0.25, -0.2) is 4.39 Å². The third kappa shape index (κ3) is 3.56. The number of nitro benzene ring substituents is 1. The number of benzene rings is 2. The minimum atomic E-state index is -0.545. The highest BCUT2D eigenvalue weighted by atomic mass is 79.9. The van der Waals surface area contributed by atoms with Crippen molar-refractivity contribution in [3.05, 3.63) is 61.9 Å². The second kappa shape index (κ2) is 6.19. The molecule has 0 saturated heterocycles. The van der Waals surface area contributed by atoms with Gasteiger partial charge in [0.15, 0.2) is 0 Å². The molecular weight excluding hydrogens is 343 g/mol. The van der Waals surface area contributed by atoms with Crippen LogP contribution >= 0.6 is 15.9 Å². The molecule has 0 aromatic heterocycles. The molecule has 0 fully saturated rings. The van der Waals surface area contributed by atoms with E-state index in [0.29, 0.717) is 15.6 Å². The number of rotatable bonds is 4. The van der Waals surface area contributed by atoms with Crippen molar-refractivity contribution < 1.29 is 14.1 Å². The van der Waals surface area contributed by atoms with Crippen LogP contribution in [-0.2, 0) is 6.54 Å². The van der Waals surface area contributed by atoms with Crippen molar-refractivity contribution in [2.45, 2.75) is 13.5 Å². The number of nitro groups is 1. The molecular formula is C14H12BrFN2O3. The first-order valence-electron chi connectivity index (χ1n) is 6.02. The van der Waals surface area contributed by atoms with E-state index in [-0.39, 0.29) is 23.7 Å². The van der Waals surface area contributed by atoms with Crippen LogP contribution in [0.15, 0.2) is 34.8 Å². The minimum Gasteiger partial charge on any atom is -0.450 e. The molecule has 2 N–H and O–H groups in total. The van der Waals surface area contributed by atoms with Gasteiger partial charge >= 0.3 is 5.69 Å². The maximum Gasteiger partial charge on any atom is 0.312 e. The van der Waals surface area contributed by atoms with Gasteiger partial charge in [-0.1, -0.05) is 15.9 Å². The summed E-state index contributed by atoms with van der Waals surface area (Å²) in [7, 11) is 0. The molecule has 0 amide bonds. The highest BCUT2D eigenvalue weighted by Gasteiger charge is 2.20. The predicted octanol–water partition coefficient (Wildman–Crippen LogP) is 4.06. The molecule has 5 nitrogen and oxygen atoms in total. The standard InChI is InChI=1S/C14H12BrFN2O3/c1-8-2-10(15)5-13(18(19)20)14(8)21-12-4-9(7-17)3-11(16)6-12/h2-6H,7,17H2,1H3. The molecule has 110 valence electrons. The highest BCUT2D eigenvalue weighted by Crippen LogP contribution is 2.37. The summed E-state index contributed by atoms with van der Waals surface area (Å²) in [4.78, 5) is 10.6. The van der Waals surface area contributed by atoms with E-state index in [1.807, 2.05) is 0 Å². The Morgan fingerprint density at radius 3 is 2.67 bits per heavy atom. The quantitative estimate of drug-likeness (QED) is 0.663. The van der Waals surface area contributed by atoms with E-state index in [1.165, 1.54) is 12.1 Å². The Kier molecular flexibility index (Phi) is 4.54. The second-order valence-corrected chi connectivity index (χ2v) is 5.35. The Morgan fingerprint density at radius 2 is 2.05 bits per heavy atom. The molecule has 0 atom stereocenters. The summed E-state index contributed by atoms with van der Waals surface area (Å²) >= 11 is 3.20. The fourth-order valence-corrected chi connectivity index (χ4v) is 2.46. The SMILES string of the molecule is Cc1cc(Br)cc([N+](=O)[O-])c1Oc1cc(F)cc(CN)c1. The molecule has 2 aromatic rings. The van der Waals surface area contributed by atoms with Crippen LogP contribution in [0.25, 0.3) is 0 Å². The van der Waals surface area contributed by atoms with Crippen LogP contribution < -0.4 is 10.5 Å². The van der Waals surface area contributed by atoms with Gasteiger partial charge in [0, 0.05) is 23.2 Å². The Labute approximate surface area is 128 Å². The van der Waals surface area contributed by atoms with Crippen molar-refractivity contribution in [2.24, 2.45) is 5.73 Å². The van der Waals surface area contributed by atoms with Crippen molar-refractivity contribution in [1.29, 1.82) is 0 Å². The van der Waals surface area contributed by atoms with Gasteiger partial charge in [0.1, 0.15) is 11.6 Å². The molecule has 0 aliphatic heterocycles. The van der Waals surface area contributed by atoms with Gasteiger partial charge in [0.25, 0.3) is 0 Å². The smallest absolute Gasteiger partial charge is 0.312 e. The molecule has 0 spiro atoms. The molecule has 0 bridgehead atoms. The molecule has 2 aromatic carbocycles. The van der Waals surface area contributed by atoms with Gasteiger partial charge in [0.05, 0.1) is 4.92 Å². The van der Waals surface area contributed by atoms with Crippen LogP contribution in [-0.4, -0.2) is 4.92 Å². The number of aryl methyl sites for hydroxylation is 1. The third-order valence-electron chi connectivity index (χ3n) is 2.80. The molecule has 0 heterocycles. The number of hydrogen-bond donors (Lipinski definition) is 1. The average Bonchev–Trinajstić information content (AvgIpc) is 2.40. The van der Waals surface area contributed by atoms with Crippen LogP contribution in [0.3, 0.4) is 0 Å². The molecule has 7 heteroatoms. The zero-order valence-corrected chi connectivity index (χ0v) is 12.7. The summed E-state index contributed by atoms with van der Waals surface area (Å²) in [6, 6.07) is 7.02. The van der Waals surface area contributed by atoms with E-state index < -0.39 is 10.7 Å². The number of halogens is 2. The maximum absolute atomic E-state index is 13.5. The predicted molar refractivity (Wildman–Crippen MR) is 79.9 cm³/mol. The maximum atomic E-state index is 13.5. The highest BCUT2D eigenvalue weighted by molar-refractivity contribution is 9.10. The molecule has 0 unspecified atom stereocenters. The van der Waals surface area contributed by atoms with Gasteiger partial charge in [-0.3, -0.25) is 10.1 Å². The summed E-state index contributed by atoms with van der Waals surface area (Å²) in [6.45, 7) is 1.83. The first kappa shape index (κ1) is 15.4. The zero-order valence-electron chi connectivity index (χ0n) is 11.1.